The van der Waals surface area contributed by atoms with Crippen LogP contribution in [0.5, 0.6) is 5.75 Å². The monoisotopic (exact) mass is 372 g/mol. The summed E-state index contributed by atoms with van der Waals surface area (Å²) in [4.78, 5) is 14.7. The van der Waals surface area contributed by atoms with Gasteiger partial charge in [0.2, 0.25) is 5.91 Å². The summed E-state index contributed by atoms with van der Waals surface area (Å²) in [5.74, 6) is 1.99. The number of hydrogen-bond donors (Lipinski definition) is 1. The third-order valence-corrected chi connectivity index (χ3v) is 6.40. The van der Waals surface area contributed by atoms with Gasteiger partial charge in [0, 0.05) is 30.7 Å². The van der Waals surface area contributed by atoms with E-state index in [1.165, 1.54) is 38.5 Å². The van der Waals surface area contributed by atoms with Crippen molar-refractivity contribution < 1.29 is 9.53 Å². The molecule has 3 rings (SSSR count). The molecule has 1 heterocycles. The first-order valence-corrected chi connectivity index (χ1v) is 10.8. The molecule has 0 radical (unpaired) electrons. The molecule has 27 heavy (non-hydrogen) atoms. The average molecular weight is 373 g/mol. The van der Waals surface area contributed by atoms with Crippen LogP contribution >= 0.6 is 0 Å². The number of piperidine rings is 1. The van der Waals surface area contributed by atoms with Crippen LogP contribution in [0.25, 0.3) is 0 Å². The van der Waals surface area contributed by atoms with Crippen LogP contribution in [-0.4, -0.2) is 43.1 Å². The van der Waals surface area contributed by atoms with Crippen LogP contribution in [0.4, 0.5) is 0 Å². The van der Waals surface area contributed by atoms with Gasteiger partial charge in [0.05, 0.1) is 13.5 Å². The molecule has 1 amide bonds. The van der Waals surface area contributed by atoms with Gasteiger partial charge in [-0.05, 0) is 50.5 Å². The molecule has 0 bridgehead atoms. The smallest absolute Gasteiger partial charge is 0.227 e. The van der Waals surface area contributed by atoms with Gasteiger partial charge >= 0.3 is 0 Å². The fraction of sp³-hybridized carbons (Fsp3) is 0.696. The zero-order valence-corrected chi connectivity index (χ0v) is 17.1. The van der Waals surface area contributed by atoms with Gasteiger partial charge in [-0.25, -0.2) is 0 Å². The number of nitrogens with one attached hydrogen (secondary N) is 1. The van der Waals surface area contributed by atoms with E-state index in [9.17, 15) is 4.79 Å². The Kier molecular flexibility index (Phi) is 7.57. The highest BCUT2D eigenvalue weighted by atomic mass is 16.5. The number of benzene rings is 1. The quantitative estimate of drug-likeness (QED) is 0.781. The molecule has 0 spiro atoms. The van der Waals surface area contributed by atoms with Crippen LogP contribution in [-0.2, 0) is 11.2 Å². The standard InChI is InChI=1S/C23H36N2O2/c1-3-6-18-9-11-20(12-10-18)24-21-13-15-25(16-14-21)23(26)17-19-7-4-5-8-22(19)27-2/h4-5,7-8,18,20-21,24H,3,6,9-17H2,1-2H3. The molecule has 2 aliphatic rings. The topological polar surface area (TPSA) is 41.6 Å². The molecule has 1 aliphatic heterocycles. The molecular formula is C23H36N2O2. The maximum absolute atomic E-state index is 12.7. The first kappa shape index (κ1) is 20.2. The molecule has 1 saturated heterocycles. The second-order valence-corrected chi connectivity index (χ2v) is 8.32. The van der Waals surface area contributed by atoms with E-state index < -0.39 is 0 Å². The summed E-state index contributed by atoms with van der Waals surface area (Å²) in [6, 6.07) is 9.09. The van der Waals surface area contributed by atoms with Gasteiger partial charge in [0.25, 0.3) is 0 Å². The van der Waals surface area contributed by atoms with Gasteiger partial charge in [-0.1, -0.05) is 38.0 Å². The number of methoxy groups -OCH3 is 1. The first-order chi connectivity index (χ1) is 13.2. The number of amides is 1. The summed E-state index contributed by atoms with van der Waals surface area (Å²) in [6.07, 6.45) is 10.8. The number of carbonyl (C=O) groups excluding carboxylic acids is 1. The van der Waals surface area contributed by atoms with Crippen LogP contribution < -0.4 is 10.1 Å². The average Bonchev–Trinajstić information content (AvgIpc) is 2.70. The zero-order chi connectivity index (χ0) is 19.1. The third kappa shape index (κ3) is 5.71. The van der Waals surface area contributed by atoms with E-state index in [0.717, 1.165) is 43.2 Å². The predicted molar refractivity (Wildman–Crippen MR) is 110 cm³/mol. The Balaban J connectivity index is 1.40. The van der Waals surface area contributed by atoms with Crippen LogP contribution in [0, 0.1) is 5.92 Å². The second-order valence-electron chi connectivity index (χ2n) is 8.32. The Labute approximate surface area is 164 Å². The van der Waals surface area contributed by atoms with Crippen molar-refractivity contribution in [2.75, 3.05) is 20.2 Å². The number of likely N-dealkylation sites (tertiary alicyclic amines) is 1. The molecule has 0 aromatic heterocycles. The highest BCUT2D eigenvalue weighted by Gasteiger charge is 2.27. The lowest BCUT2D eigenvalue weighted by atomic mass is 9.83. The minimum Gasteiger partial charge on any atom is -0.496 e. The second kappa shape index (κ2) is 10.1. The van der Waals surface area contributed by atoms with Gasteiger partial charge in [-0.3, -0.25) is 4.79 Å². The van der Waals surface area contributed by atoms with Crippen molar-refractivity contribution in [2.45, 2.75) is 76.8 Å². The van der Waals surface area contributed by atoms with Crippen molar-refractivity contribution in [3.05, 3.63) is 29.8 Å². The lowest BCUT2D eigenvalue weighted by Gasteiger charge is -2.37. The molecule has 1 aromatic carbocycles. The Bertz CT molecular complexity index is 588. The molecule has 4 heteroatoms. The molecular weight excluding hydrogens is 336 g/mol. The fourth-order valence-electron chi connectivity index (χ4n) is 4.78. The Hall–Kier alpha value is -1.55. The number of para-hydroxylation sites is 1. The van der Waals surface area contributed by atoms with E-state index >= 15 is 0 Å². The first-order valence-electron chi connectivity index (χ1n) is 10.8. The van der Waals surface area contributed by atoms with E-state index in [0.29, 0.717) is 18.5 Å². The number of hydrogen-bond acceptors (Lipinski definition) is 3. The van der Waals surface area contributed by atoms with E-state index in [4.69, 9.17) is 4.74 Å². The zero-order valence-electron chi connectivity index (χ0n) is 17.1. The number of rotatable bonds is 7. The summed E-state index contributed by atoms with van der Waals surface area (Å²) in [7, 11) is 1.66. The van der Waals surface area contributed by atoms with Crippen molar-refractivity contribution in [3.8, 4) is 5.75 Å². The van der Waals surface area contributed by atoms with Gasteiger partial charge in [-0.2, -0.15) is 0 Å². The number of ether oxygens (including phenoxy) is 1. The Morgan fingerprint density at radius 3 is 2.41 bits per heavy atom. The molecule has 4 nitrogen and oxygen atoms in total. The predicted octanol–water partition coefficient (Wildman–Crippen LogP) is 4.18. The number of carbonyl (C=O) groups is 1. The van der Waals surface area contributed by atoms with Crippen molar-refractivity contribution in [2.24, 2.45) is 5.92 Å². The molecule has 0 atom stereocenters. The van der Waals surface area contributed by atoms with Crippen molar-refractivity contribution >= 4 is 5.91 Å². The summed E-state index contributed by atoms with van der Waals surface area (Å²) >= 11 is 0. The highest BCUT2D eigenvalue weighted by molar-refractivity contribution is 5.79. The van der Waals surface area contributed by atoms with Gasteiger partial charge in [-0.15, -0.1) is 0 Å². The maximum Gasteiger partial charge on any atom is 0.227 e. The third-order valence-electron chi connectivity index (χ3n) is 6.40. The lowest BCUT2D eigenvalue weighted by molar-refractivity contribution is -0.131. The SMILES string of the molecule is CCCC1CCC(NC2CCN(C(=O)Cc3ccccc3OC)CC2)CC1. The largest absolute Gasteiger partial charge is 0.496 e. The van der Waals surface area contributed by atoms with Crippen molar-refractivity contribution in [3.63, 3.8) is 0 Å². The summed E-state index contributed by atoms with van der Waals surface area (Å²) in [5.41, 5.74) is 0.981. The maximum atomic E-state index is 12.7. The molecule has 1 aromatic rings. The van der Waals surface area contributed by atoms with Crippen LogP contribution in [0.1, 0.15) is 63.9 Å². The minimum absolute atomic E-state index is 0.220. The van der Waals surface area contributed by atoms with Crippen LogP contribution in [0.15, 0.2) is 24.3 Å². The molecule has 1 N–H and O–H groups in total. The minimum atomic E-state index is 0.220. The van der Waals surface area contributed by atoms with Gasteiger partial charge in [0.1, 0.15) is 5.75 Å². The molecule has 1 saturated carbocycles. The molecule has 0 unspecified atom stereocenters. The number of nitrogens with zero attached hydrogens (tertiary/aromatic N) is 1. The van der Waals surface area contributed by atoms with E-state index in [-0.39, 0.29) is 5.91 Å². The summed E-state index contributed by atoms with van der Waals surface area (Å²) in [5, 5.41) is 3.89. The van der Waals surface area contributed by atoms with Gasteiger partial charge < -0.3 is 15.0 Å². The molecule has 150 valence electrons. The normalized spacial score (nSPS) is 24.0. The van der Waals surface area contributed by atoms with Crippen LogP contribution in [0.3, 0.4) is 0 Å². The molecule has 2 fully saturated rings. The Morgan fingerprint density at radius 1 is 1.07 bits per heavy atom. The van der Waals surface area contributed by atoms with Gasteiger partial charge in [0.15, 0.2) is 0 Å². The Morgan fingerprint density at radius 2 is 1.74 bits per heavy atom. The lowest BCUT2D eigenvalue weighted by Crippen LogP contribution is -2.48. The molecule has 1 aliphatic carbocycles. The van der Waals surface area contributed by atoms with E-state index in [1.54, 1.807) is 7.11 Å². The highest BCUT2D eigenvalue weighted by Crippen LogP contribution is 2.28. The van der Waals surface area contributed by atoms with E-state index in [2.05, 4.69) is 12.2 Å². The van der Waals surface area contributed by atoms with Crippen LogP contribution in [0.2, 0.25) is 0 Å². The summed E-state index contributed by atoms with van der Waals surface area (Å²) < 4.78 is 5.38. The fourth-order valence-corrected chi connectivity index (χ4v) is 4.78. The van der Waals surface area contributed by atoms with Crippen molar-refractivity contribution in [1.82, 2.24) is 10.2 Å². The van der Waals surface area contributed by atoms with E-state index in [1.807, 2.05) is 29.2 Å². The summed E-state index contributed by atoms with van der Waals surface area (Å²) in [6.45, 7) is 4.04. The van der Waals surface area contributed by atoms with Crippen molar-refractivity contribution in [1.29, 1.82) is 0 Å².